The summed E-state index contributed by atoms with van der Waals surface area (Å²) in [5.74, 6) is -0.205. The van der Waals surface area contributed by atoms with Crippen molar-refractivity contribution in [3.63, 3.8) is 0 Å². The van der Waals surface area contributed by atoms with Gasteiger partial charge in [-0.1, -0.05) is 27.2 Å². The number of aliphatic hydroxyl groups excluding tert-OH is 1. The van der Waals surface area contributed by atoms with Crippen LogP contribution in [0.5, 0.6) is 0 Å². The second kappa shape index (κ2) is 8.91. The molecule has 3 unspecified atom stereocenters. The Bertz CT molecular complexity index is 274. The van der Waals surface area contributed by atoms with Gasteiger partial charge in [-0.3, -0.25) is 9.59 Å². The van der Waals surface area contributed by atoms with Crippen molar-refractivity contribution in [2.24, 2.45) is 17.8 Å². The Balaban J connectivity index is 0.000000362. The molecule has 1 saturated carbocycles. The normalized spacial score (nSPS) is 26.5. The Morgan fingerprint density at radius 1 is 1.11 bits per heavy atom. The molecular formula is C14H26O5. The highest BCUT2D eigenvalue weighted by atomic mass is 16.4. The fourth-order valence-corrected chi connectivity index (χ4v) is 2.37. The number of carboxylic acid groups (broad SMARTS) is 2. The fourth-order valence-electron chi connectivity index (χ4n) is 2.37. The van der Waals surface area contributed by atoms with E-state index >= 15 is 0 Å². The van der Waals surface area contributed by atoms with E-state index < -0.39 is 11.9 Å². The molecule has 5 nitrogen and oxygen atoms in total. The summed E-state index contributed by atoms with van der Waals surface area (Å²) in [4.78, 5) is 19.3. The van der Waals surface area contributed by atoms with Crippen LogP contribution in [-0.2, 0) is 9.59 Å². The molecule has 0 bridgehead atoms. The summed E-state index contributed by atoms with van der Waals surface area (Å²) in [6.07, 6.45) is 2.92. The van der Waals surface area contributed by atoms with Gasteiger partial charge in [-0.25, -0.2) is 0 Å². The van der Waals surface area contributed by atoms with Crippen molar-refractivity contribution in [1.29, 1.82) is 0 Å². The highest BCUT2D eigenvalue weighted by Gasteiger charge is 2.28. The van der Waals surface area contributed by atoms with Gasteiger partial charge in [0.2, 0.25) is 0 Å². The van der Waals surface area contributed by atoms with Crippen LogP contribution in [0.25, 0.3) is 0 Å². The maximum absolute atomic E-state index is 9.71. The Hall–Kier alpha value is -1.10. The number of hydrogen-bond acceptors (Lipinski definition) is 3. The van der Waals surface area contributed by atoms with Crippen molar-refractivity contribution in [3.8, 4) is 0 Å². The summed E-state index contributed by atoms with van der Waals surface area (Å²) in [6, 6.07) is 0. The molecule has 0 spiro atoms. The van der Waals surface area contributed by atoms with Crippen LogP contribution in [-0.4, -0.2) is 33.4 Å². The van der Waals surface area contributed by atoms with Crippen molar-refractivity contribution < 1.29 is 24.9 Å². The topological polar surface area (TPSA) is 94.8 Å². The van der Waals surface area contributed by atoms with Gasteiger partial charge in [-0.2, -0.15) is 0 Å². The number of carboxylic acids is 2. The third-order valence-corrected chi connectivity index (χ3v) is 3.54. The van der Waals surface area contributed by atoms with Gasteiger partial charge in [0.15, 0.2) is 0 Å². The van der Waals surface area contributed by atoms with Crippen molar-refractivity contribution in [3.05, 3.63) is 0 Å². The number of hydrogen-bond donors (Lipinski definition) is 3. The fraction of sp³-hybridized carbons (Fsp3) is 0.857. The van der Waals surface area contributed by atoms with Gasteiger partial charge < -0.3 is 15.3 Å². The van der Waals surface area contributed by atoms with E-state index in [2.05, 4.69) is 20.8 Å². The minimum atomic E-state index is -1.08. The van der Waals surface area contributed by atoms with Crippen LogP contribution < -0.4 is 0 Å². The molecule has 1 aliphatic carbocycles. The first-order valence-corrected chi connectivity index (χ1v) is 6.85. The van der Waals surface area contributed by atoms with Gasteiger partial charge in [0.25, 0.3) is 0 Å². The summed E-state index contributed by atoms with van der Waals surface area (Å²) >= 11 is 0. The molecule has 0 heterocycles. The largest absolute Gasteiger partial charge is 0.481 e. The SMILES string of the molecule is CC1CCC(C(C)C)C(O)C1.O=C(O)CCC(=O)O. The number of rotatable bonds is 4. The molecule has 19 heavy (non-hydrogen) atoms. The zero-order valence-electron chi connectivity index (χ0n) is 12.0. The van der Waals surface area contributed by atoms with E-state index in [9.17, 15) is 14.7 Å². The van der Waals surface area contributed by atoms with Gasteiger partial charge >= 0.3 is 11.9 Å². The number of aliphatic carboxylic acids is 2. The maximum Gasteiger partial charge on any atom is 0.303 e. The Morgan fingerprint density at radius 2 is 1.58 bits per heavy atom. The van der Waals surface area contributed by atoms with E-state index in [0.29, 0.717) is 11.8 Å². The lowest BCUT2D eigenvalue weighted by atomic mass is 9.75. The van der Waals surface area contributed by atoms with Crippen LogP contribution in [0.4, 0.5) is 0 Å². The number of carbonyl (C=O) groups is 2. The van der Waals surface area contributed by atoms with Crippen LogP contribution in [0.2, 0.25) is 0 Å². The third-order valence-electron chi connectivity index (χ3n) is 3.54. The summed E-state index contributed by atoms with van der Waals surface area (Å²) in [5, 5.41) is 25.5. The highest BCUT2D eigenvalue weighted by molar-refractivity contribution is 5.75. The van der Waals surface area contributed by atoms with Crippen LogP contribution in [0, 0.1) is 17.8 Å². The second-order valence-corrected chi connectivity index (χ2v) is 5.68. The second-order valence-electron chi connectivity index (χ2n) is 5.68. The van der Waals surface area contributed by atoms with Crippen LogP contribution >= 0.6 is 0 Å². The lowest BCUT2D eigenvalue weighted by Crippen LogP contribution is -2.31. The van der Waals surface area contributed by atoms with Gasteiger partial charge in [-0.05, 0) is 30.6 Å². The van der Waals surface area contributed by atoms with Crippen molar-refractivity contribution in [2.45, 2.75) is 59.0 Å². The molecule has 1 aliphatic rings. The van der Waals surface area contributed by atoms with Crippen LogP contribution in [0.15, 0.2) is 0 Å². The van der Waals surface area contributed by atoms with Crippen LogP contribution in [0.3, 0.4) is 0 Å². The van der Waals surface area contributed by atoms with Gasteiger partial charge in [0.05, 0.1) is 18.9 Å². The molecule has 3 N–H and O–H groups in total. The lowest BCUT2D eigenvalue weighted by Gasteiger charge is -2.33. The van der Waals surface area contributed by atoms with Crippen molar-refractivity contribution >= 4 is 11.9 Å². The van der Waals surface area contributed by atoms with E-state index in [1.54, 1.807) is 0 Å². The summed E-state index contributed by atoms with van der Waals surface area (Å²) in [6.45, 7) is 6.66. The summed E-state index contributed by atoms with van der Waals surface area (Å²) in [7, 11) is 0. The quantitative estimate of drug-likeness (QED) is 0.731. The molecule has 0 aliphatic heterocycles. The van der Waals surface area contributed by atoms with Crippen LogP contribution in [0.1, 0.15) is 52.9 Å². The van der Waals surface area contributed by atoms with Crippen molar-refractivity contribution in [2.75, 3.05) is 0 Å². The first-order valence-electron chi connectivity index (χ1n) is 6.85. The Morgan fingerprint density at radius 3 is 1.89 bits per heavy atom. The monoisotopic (exact) mass is 274 g/mol. The third kappa shape index (κ3) is 8.59. The van der Waals surface area contributed by atoms with E-state index in [1.807, 2.05) is 0 Å². The average molecular weight is 274 g/mol. The Labute approximate surface area is 114 Å². The van der Waals surface area contributed by atoms with E-state index in [-0.39, 0.29) is 18.9 Å². The molecule has 1 fully saturated rings. The zero-order valence-corrected chi connectivity index (χ0v) is 12.0. The zero-order chi connectivity index (χ0) is 15.0. The van der Waals surface area contributed by atoms with E-state index in [4.69, 9.17) is 10.2 Å². The molecule has 0 aromatic carbocycles. The molecule has 0 amide bonds. The van der Waals surface area contributed by atoms with Crippen molar-refractivity contribution in [1.82, 2.24) is 0 Å². The molecule has 3 atom stereocenters. The lowest BCUT2D eigenvalue weighted by molar-refractivity contribution is -0.143. The summed E-state index contributed by atoms with van der Waals surface area (Å²) in [5.41, 5.74) is 0. The van der Waals surface area contributed by atoms with E-state index in [1.165, 1.54) is 12.8 Å². The average Bonchev–Trinajstić information content (AvgIpc) is 2.26. The predicted molar refractivity (Wildman–Crippen MR) is 71.9 cm³/mol. The maximum atomic E-state index is 9.71. The standard InChI is InChI=1S/C10H20O.C4H6O4/c1-7(2)9-5-4-8(3)6-10(9)11;5-3(6)1-2-4(7)8/h7-11H,4-6H2,1-3H3;1-2H2,(H,5,6)(H,7,8). The highest BCUT2D eigenvalue weighted by Crippen LogP contribution is 2.33. The van der Waals surface area contributed by atoms with Gasteiger partial charge in [0.1, 0.15) is 0 Å². The molecule has 0 aromatic heterocycles. The minimum absolute atomic E-state index is 0.0289. The van der Waals surface area contributed by atoms with Gasteiger partial charge in [-0.15, -0.1) is 0 Å². The predicted octanol–water partition coefficient (Wildman–Crippen LogP) is 2.38. The molecule has 0 saturated heterocycles. The molecule has 0 aromatic rings. The Kier molecular flexibility index (Phi) is 8.39. The smallest absolute Gasteiger partial charge is 0.303 e. The molecular weight excluding hydrogens is 248 g/mol. The van der Waals surface area contributed by atoms with E-state index in [0.717, 1.165) is 12.3 Å². The molecule has 0 radical (unpaired) electrons. The summed E-state index contributed by atoms with van der Waals surface area (Å²) < 4.78 is 0. The molecule has 5 heteroatoms. The molecule has 1 rings (SSSR count). The minimum Gasteiger partial charge on any atom is -0.481 e. The first-order chi connectivity index (χ1) is 8.73. The number of aliphatic hydroxyl groups is 1. The first kappa shape index (κ1) is 17.9. The molecule has 112 valence electrons. The van der Waals surface area contributed by atoms with Gasteiger partial charge in [0, 0.05) is 0 Å².